The van der Waals surface area contributed by atoms with Crippen LogP contribution in [0.15, 0.2) is 72.2 Å². The molecule has 5 N–H and O–H groups in total. The molecule has 4 atom stereocenters. The molecule has 0 saturated heterocycles. The molecule has 0 aromatic heterocycles. The Balaban J connectivity index is 2.22. The summed E-state index contributed by atoms with van der Waals surface area (Å²) < 4.78 is 5.21. The van der Waals surface area contributed by atoms with E-state index in [1.165, 1.54) is 26.2 Å². The van der Waals surface area contributed by atoms with Crippen LogP contribution in [0.4, 0.5) is 0 Å². The van der Waals surface area contributed by atoms with Crippen molar-refractivity contribution in [3.8, 4) is 0 Å². The summed E-state index contributed by atoms with van der Waals surface area (Å²) >= 11 is 0. The lowest BCUT2D eigenvalue weighted by atomic mass is 9.88. The molecule has 0 unspecified atom stereocenters. The summed E-state index contributed by atoms with van der Waals surface area (Å²) in [6.07, 6.45) is -2.74. The Morgan fingerprint density at radius 1 is 0.893 bits per heavy atom. The van der Waals surface area contributed by atoms with Crippen LogP contribution in [0.3, 0.4) is 0 Å². The number of rotatable bonds is 8. The molecular formula is C22H26O6. The Labute approximate surface area is 164 Å². The third-order valence-electron chi connectivity index (χ3n) is 4.46. The van der Waals surface area contributed by atoms with Gasteiger partial charge in [-0.1, -0.05) is 60.7 Å². The van der Waals surface area contributed by atoms with Crippen molar-refractivity contribution in [2.75, 3.05) is 7.11 Å². The zero-order chi connectivity index (χ0) is 20.7. The normalized spacial score (nSPS) is 18.1. The molecule has 6 nitrogen and oxygen atoms in total. The number of hydrogen-bond acceptors (Lipinski definition) is 6. The summed E-state index contributed by atoms with van der Waals surface area (Å²) in [5, 5.41) is 51.9. The first kappa shape index (κ1) is 21.7. The monoisotopic (exact) mass is 386 g/mol. The first-order valence-electron chi connectivity index (χ1n) is 8.80. The van der Waals surface area contributed by atoms with Crippen molar-refractivity contribution in [3.63, 3.8) is 0 Å². The van der Waals surface area contributed by atoms with Crippen molar-refractivity contribution < 1.29 is 30.3 Å². The molecule has 2 rings (SSSR count). The van der Waals surface area contributed by atoms with Crippen LogP contribution in [0.2, 0.25) is 0 Å². The lowest BCUT2D eigenvalue weighted by Gasteiger charge is -2.34. The summed E-state index contributed by atoms with van der Waals surface area (Å²) in [4.78, 5) is 0. The van der Waals surface area contributed by atoms with Gasteiger partial charge < -0.3 is 30.3 Å². The second kappa shape index (κ2) is 9.52. The average Bonchev–Trinajstić information content (AvgIpc) is 2.71. The maximum Gasteiger partial charge on any atom is 0.147 e. The van der Waals surface area contributed by atoms with Crippen LogP contribution in [-0.2, 0) is 4.74 Å². The molecule has 0 fully saturated rings. The fraction of sp³-hybridized carbons (Fsp3) is 0.273. The van der Waals surface area contributed by atoms with Gasteiger partial charge in [-0.3, -0.25) is 0 Å². The Bertz CT molecular complexity index is 798. The Morgan fingerprint density at radius 2 is 1.36 bits per heavy atom. The van der Waals surface area contributed by atoms with E-state index in [0.29, 0.717) is 11.1 Å². The minimum atomic E-state index is -2.03. The third kappa shape index (κ3) is 5.21. The molecule has 0 aliphatic carbocycles. The van der Waals surface area contributed by atoms with Crippen LogP contribution in [0.25, 0.3) is 12.2 Å². The van der Waals surface area contributed by atoms with Gasteiger partial charge in [-0.2, -0.15) is 0 Å². The van der Waals surface area contributed by atoms with E-state index in [0.717, 1.165) is 0 Å². The van der Waals surface area contributed by atoms with Crippen molar-refractivity contribution >= 4 is 12.2 Å². The zero-order valence-corrected chi connectivity index (χ0v) is 15.8. The number of aliphatic hydroxyl groups excluding tert-OH is 4. The zero-order valence-electron chi connectivity index (χ0n) is 15.8. The summed E-state index contributed by atoms with van der Waals surface area (Å²) in [5.41, 5.74) is -0.708. The van der Waals surface area contributed by atoms with Crippen LogP contribution in [0.1, 0.15) is 18.1 Å². The molecule has 0 aliphatic heterocycles. The van der Waals surface area contributed by atoms with Crippen LogP contribution < -0.4 is 0 Å². The highest BCUT2D eigenvalue weighted by Gasteiger charge is 2.43. The van der Waals surface area contributed by atoms with Crippen molar-refractivity contribution in [2.24, 2.45) is 0 Å². The smallest absolute Gasteiger partial charge is 0.147 e. The first-order chi connectivity index (χ1) is 13.3. The molecule has 0 amide bonds. The molecular weight excluding hydrogens is 360 g/mol. The van der Waals surface area contributed by atoms with Crippen molar-refractivity contribution in [1.82, 2.24) is 0 Å². The van der Waals surface area contributed by atoms with Gasteiger partial charge in [0, 0.05) is 0 Å². The molecule has 150 valence electrons. The van der Waals surface area contributed by atoms with Crippen LogP contribution >= 0.6 is 0 Å². The maximum absolute atomic E-state index is 10.8. The van der Waals surface area contributed by atoms with E-state index in [1.807, 2.05) is 6.07 Å². The van der Waals surface area contributed by atoms with Crippen LogP contribution in [0, 0.1) is 0 Å². The van der Waals surface area contributed by atoms with E-state index >= 15 is 0 Å². The van der Waals surface area contributed by atoms with E-state index in [1.54, 1.807) is 54.6 Å². The minimum Gasteiger partial charge on any atom is -0.509 e. The minimum absolute atomic E-state index is 0.0102. The molecule has 0 saturated carbocycles. The van der Waals surface area contributed by atoms with Gasteiger partial charge in [0.25, 0.3) is 0 Å². The second-order valence-electron chi connectivity index (χ2n) is 6.63. The van der Waals surface area contributed by atoms with E-state index in [4.69, 9.17) is 4.74 Å². The highest BCUT2D eigenvalue weighted by Crippen LogP contribution is 2.28. The maximum atomic E-state index is 10.8. The van der Waals surface area contributed by atoms with Gasteiger partial charge in [0.15, 0.2) is 0 Å². The Morgan fingerprint density at radius 3 is 1.82 bits per heavy atom. The second-order valence-corrected chi connectivity index (χ2v) is 6.63. The van der Waals surface area contributed by atoms with E-state index < -0.39 is 29.7 Å². The van der Waals surface area contributed by atoms with Crippen molar-refractivity contribution in [1.29, 1.82) is 0 Å². The third-order valence-corrected chi connectivity index (χ3v) is 4.46. The standard InChI is InChI=1S/C22H26O6/c1-22(27,18(28-2)14-16-11-7-4-8-12-16)21(26)20(25)19(24)17(23)13-15-9-5-3-6-10-15/h3-14,19-21,23-27H,1-2H3/t19-,20-,21+,22+/m1/s1. The lowest BCUT2D eigenvalue weighted by Crippen LogP contribution is -2.53. The molecule has 6 heteroatoms. The fourth-order valence-corrected chi connectivity index (χ4v) is 2.74. The van der Waals surface area contributed by atoms with E-state index in [2.05, 4.69) is 0 Å². The Kier molecular flexibility index (Phi) is 7.37. The van der Waals surface area contributed by atoms with Gasteiger partial charge in [-0.15, -0.1) is 0 Å². The van der Waals surface area contributed by atoms with E-state index in [-0.39, 0.29) is 5.76 Å². The predicted molar refractivity (Wildman–Crippen MR) is 107 cm³/mol. The SMILES string of the molecule is COC(=Cc1ccccc1)[C@](C)(O)[C@@H](O)[C@H](O)[C@H](O)C(O)=Cc1ccccc1. The number of methoxy groups -OCH3 is 1. The Hall–Kier alpha value is -2.64. The predicted octanol–water partition coefficient (Wildman–Crippen LogP) is 2.11. The van der Waals surface area contributed by atoms with Gasteiger partial charge in [0.2, 0.25) is 0 Å². The molecule has 0 radical (unpaired) electrons. The highest BCUT2D eigenvalue weighted by atomic mass is 16.5. The lowest BCUT2D eigenvalue weighted by molar-refractivity contribution is -0.141. The number of benzene rings is 2. The molecule has 2 aromatic rings. The van der Waals surface area contributed by atoms with Crippen LogP contribution in [-0.4, -0.2) is 56.6 Å². The summed E-state index contributed by atoms with van der Waals surface area (Å²) in [6.45, 7) is 1.25. The topological polar surface area (TPSA) is 110 Å². The highest BCUT2D eigenvalue weighted by molar-refractivity contribution is 5.54. The summed E-state index contributed by atoms with van der Waals surface area (Å²) in [7, 11) is 1.32. The van der Waals surface area contributed by atoms with Gasteiger partial charge in [0.1, 0.15) is 35.4 Å². The molecule has 0 aliphatic rings. The first-order valence-corrected chi connectivity index (χ1v) is 8.80. The van der Waals surface area contributed by atoms with Gasteiger partial charge in [-0.05, 0) is 30.2 Å². The van der Waals surface area contributed by atoms with E-state index in [9.17, 15) is 25.5 Å². The number of aliphatic hydroxyl groups is 5. The molecule has 2 aromatic carbocycles. The molecule has 28 heavy (non-hydrogen) atoms. The van der Waals surface area contributed by atoms with Crippen molar-refractivity contribution in [3.05, 3.63) is 83.3 Å². The van der Waals surface area contributed by atoms with Crippen LogP contribution in [0.5, 0.6) is 0 Å². The number of ether oxygens (including phenoxy) is 1. The largest absolute Gasteiger partial charge is 0.509 e. The molecule has 0 heterocycles. The number of hydrogen-bond donors (Lipinski definition) is 5. The molecule has 0 bridgehead atoms. The summed E-state index contributed by atoms with van der Waals surface area (Å²) in [5.74, 6) is -0.552. The fourth-order valence-electron chi connectivity index (χ4n) is 2.74. The summed E-state index contributed by atoms with van der Waals surface area (Å²) in [6, 6.07) is 17.7. The van der Waals surface area contributed by atoms with Crippen molar-refractivity contribution in [2.45, 2.75) is 30.8 Å². The van der Waals surface area contributed by atoms with Gasteiger partial charge >= 0.3 is 0 Å². The molecule has 0 spiro atoms. The quantitative estimate of drug-likeness (QED) is 0.445. The van der Waals surface area contributed by atoms with Gasteiger partial charge in [0.05, 0.1) is 7.11 Å². The average molecular weight is 386 g/mol. The van der Waals surface area contributed by atoms with Gasteiger partial charge in [-0.25, -0.2) is 0 Å².